The Labute approximate surface area is 98.2 Å². The zero-order valence-corrected chi connectivity index (χ0v) is 10.1. The van der Waals surface area contributed by atoms with Gasteiger partial charge in [-0.25, -0.2) is 8.78 Å². The summed E-state index contributed by atoms with van der Waals surface area (Å²) in [4.78, 5) is 11.7. The summed E-state index contributed by atoms with van der Waals surface area (Å²) in [6, 6.07) is 3.26. The zero-order chi connectivity index (χ0) is 12.1. The van der Waals surface area contributed by atoms with Crippen LogP contribution >= 0.6 is 11.8 Å². The molecule has 88 valence electrons. The minimum absolute atomic E-state index is 0.0240. The van der Waals surface area contributed by atoms with Crippen molar-refractivity contribution in [1.82, 2.24) is 0 Å². The van der Waals surface area contributed by atoms with Gasteiger partial charge in [0.2, 0.25) is 0 Å². The average Bonchev–Trinajstić information content (AvgIpc) is 2.28. The SMILES string of the molecule is CCC(C)C(=O)CSc1cc(F)ccc1F. The Morgan fingerprint density at radius 3 is 2.75 bits per heavy atom. The molecule has 0 spiro atoms. The second-order valence-corrected chi connectivity index (χ2v) is 4.66. The van der Waals surface area contributed by atoms with Gasteiger partial charge in [0, 0.05) is 10.8 Å². The van der Waals surface area contributed by atoms with Gasteiger partial charge in [0.05, 0.1) is 5.75 Å². The highest BCUT2D eigenvalue weighted by atomic mass is 32.2. The minimum Gasteiger partial charge on any atom is -0.298 e. The van der Waals surface area contributed by atoms with Gasteiger partial charge in [-0.2, -0.15) is 0 Å². The van der Waals surface area contributed by atoms with E-state index >= 15 is 0 Å². The smallest absolute Gasteiger partial charge is 0.145 e. The van der Waals surface area contributed by atoms with Crippen LogP contribution in [0, 0.1) is 17.6 Å². The van der Waals surface area contributed by atoms with E-state index in [1.807, 2.05) is 13.8 Å². The van der Waals surface area contributed by atoms with Crippen molar-refractivity contribution in [2.75, 3.05) is 5.75 Å². The number of Topliss-reactive ketones (excluding diaryl/α,β-unsaturated/α-hetero) is 1. The summed E-state index contributed by atoms with van der Waals surface area (Å²) in [5.41, 5.74) is 0. The highest BCUT2D eigenvalue weighted by Gasteiger charge is 2.12. The van der Waals surface area contributed by atoms with E-state index < -0.39 is 11.6 Å². The van der Waals surface area contributed by atoms with Crippen molar-refractivity contribution in [3.63, 3.8) is 0 Å². The van der Waals surface area contributed by atoms with Gasteiger partial charge in [0.1, 0.15) is 17.4 Å². The Bertz CT molecular complexity index is 379. The maximum absolute atomic E-state index is 13.2. The average molecular weight is 244 g/mol. The van der Waals surface area contributed by atoms with Crippen LogP contribution in [-0.2, 0) is 4.79 Å². The van der Waals surface area contributed by atoms with E-state index in [0.29, 0.717) is 0 Å². The molecule has 16 heavy (non-hydrogen) atoms. The molecule has 1 nitrogen and oxygen atoms in total. The predicted molar refractivity (Wildman–Crippen MR) is 61.5 cm³/mol. The lowest BCUT2D eigenvalue weighted by Crippen LogP contribution is -2.12. The quantitative estimate of drug-likeness (QED) is 0.735. The van der Waals surface area contributed by atoms with Crippen LogP contribution in [0.2, 0.25) is 0 Å². The Balaban J connectivity index is 2.61. The van der Waals surface area contributed by atoms with E-state index in [-0.39, 0.29) is 22.3 Å². The summed E-state index contributed by atoms with van der Waals surface area (Å²) in [6.07, 6.45) is 0.769. The molecule has 0 aliphatic heterocycles. The second-order valence-electron chi connectivity index (χ2n) is 3.64. The van der Waals surface area contributed by atoms with Gasteiger partial charge in [-0.1, -0.05) is 13.8 Å². The minimum atomic E-state index is -0.486. The van der Waals surface area contributed by atoms with Gasteiger partial charge >= 0.3 is 0 Å². The highest BCUT2D eigenvalue weighted by Crippen LogP contribution is 2.23. The number of ketones is 1. The van der Waals surface area contributed by atoms with E-state index in [2.05, 4.69) is 0 Å². The first-order chi connectivity index (χ1) is 7.54. The monoisotopic (exact) mass is 244 g/mol. The van der Waals surface area contributed by atoms with Crippen molar-refractivity contribution in [3.05, 3.63) is 29.8 Å². The standard InChI is InChI=1S/C12H14F2OS/c1-3-8(2)11(15)7-16-12-6-9(13)4-5-10(12)14/h4-6,8H,3,7H2,1-2H3. The van der Waals surface area contributed by atoms with Gasteiger partial charge in [0.15, 0.2) is 0 Å². The molecule has 0 radical (unpaired) electrons. The number of halogens is 2. The molecule has 1 atom stereocenters. The molecule has 0 aliphatic carbocycles. The summed E-state index contributed by atoms with van der Waals surface area (Å²) in [6.45, 7) is 3.76. The fourth-order valence-electron chi connectivity index (χ4n) is 1.11. The van der Waals surface area contributed by atoms with Crippen LogP contribution in [0.1, 0.15) is 20.3 Å². The molecule has 4 heteroatoms. The predicted octanol–water partition coefficient (Wildman–Crippen LogP) is 3.67. The lowest BCUT2D eigenvalue weighted by atomic mass is 10.1. The topological polar surface area (TPSA) is 17.1 Å². The summed E-state index contributed by atoms with van der Waals surface area (Å²) in [5, 5.41) is 0. The molecule has 0 aliphatic rings. The summed E-state index contributed by atoms with van der Waals surface area (Å²) >= 11 is 1.05. The molecular weight excluding hydrogens is 230 g/mol. The Hall–Kier alpha value is -0.900. The zero-order valence-electron chi connectivity index (χ0n) is 9.30. The lowest BCUT2D eigenvalue weighted by molar-refractivity contribution is -0.119. The van der Waals surface area contributed by atoms with Crippen molar-refractivity contribution in [3.8, 4) is 0 Å². The van der Waals surface area contributed by atoms with Crippen LogP contribution < -0.4 is 0 Å². The summed E-state index contributed by atoms with van der Waals surface area (Å²) in [5.74, 6) is -0.737. The molecule has 0 saturated carbocycles. The fraction of sp³-hybridized carbons (Fsp3) is 0.417. The van der Waals surface area contributed by atoms with Crippen molar-refractivity contribution in [1.29, 1.82) is 0 Å². The molecule has 0 saturated heterocycles. The molecule has 0 amide bonds. The number of hydrogen-bond acceptors (Lipinski definition) is 2. The van der Waals surface area contributed by atoms with Gasteiger partial charge in [-0.15, -0.1) is 11.8 Å². The van der Waals surface area contributed by atoms with Crippen molar-refractivity contribution < 1.29 is 13.6 Å². The Kier molecular flexibility index (Phi) is 4.93. The number of benzene rings is 1. The van der Waals surface area contributed by atoms with Gasteiger partial charge in [0.25, 0.3) is 0 Å². The fourth-order valence-corrected chi connectivity index (χ4v) is 2.09. The van der Waals surface area contributed by atoms with Gasteiger partial charge < -0.3 is 0 Å². The second kappa shape index (κ2) is 5.99. The largest absolute Gasteiger partial charge is 0.298 e. The summed E-state index contributed by atoms with van der Waals surface area (Å²) < 4.78 is 26.0. The molecule has 1 aromatic carbocycles. The van der Waals surface area contributed by atoms with Crippen molar-refractivity contribution >= 4 is 17.5 Å². The van der Waals surface area contributed by atoms with Crippen LogP contribution in [0.5, 0.6) is 0 Å². The number of carbonyl (C=O) groups is 1. The third-order valence-electron chi connectivity index (χ3n) is 2.43. The van der Waals surface area contributed by atoms with E-state index in [1.54, 1.807) is 0 Å². The van der Waals surface area contributed by atoms with Gasteiger partial charge in [-0.05, 0) is 24.6 Å². The van der Waals surface area contributed by atoms with Crippen LogP contribution in [0.25, 0.3) is 0 Å². The molecule has 0 aromatic heterocycles. The molecular formula is C12H14F2OS. The first-order valence-electron chi connectivity index (χ1n) is 5.15. The summed E-state index contributed by atoms with van der Waals surface area (Å²) in [7, 11) is 0. The molecule has 0 N–H and O–H groups in total. The molecule has 0 bridgehead atoms. The van der Waals surface area contributed by atoms with Crippen molar-refractivity contribution in [2.45, 2.75) is 25.2 Å². The molecule has 0 heterocycles. The van der Waals surface area contributed by atoms with Crippen LogP contribution in [0.15, 0.2) is 23.1 Å². The van der Waals surface area contributed by atoms with E-state index in [0.717, 1.165) is 36.4 Å². The third kappa shape index (κ3) is 3.59. The maximum atomic E-state index is 13.2. The lowest BCUT2D eigenvalue weighted by Gasteiger charge is -2.07. The molecule has 1 unspecified atom stereocenters. The Morgan fingerprint density at radius 2 is 2.12 bits per heavy atom. The number of carbonyl (C=O) groups excluding carboxylic acids is 1. The molecule has 1 aromatic rings. The molecule has 1 rings (SSSR count). The van der Waals surface area contributed by atoms with Crippen molar-refractivity contribution in [2.24, 2.45) is 5.92 Å². The first-order valence-corrected chi connectivity index (χ1v) is 6.13. The molecule has 0 fully saturated rings. The highest BCUT2D eigenvalue weighted by molar-refractivity contribution is 8.00. The number of thioether (sulfide) groups is 1. The van der Waals surface area contributed by atoms with E-state index in [1.165, 1.54) is 0 Å². The third-order valence-corrected chi connectivity index (χ3v) is 3.48. The van der Waals surface area contributed by atoms with E-state index in [4.69, 9.17) is 0 Å². The normalized spacial score (nSPS) is 12.5. The number of hydrogen-bond donors (Lipinski definition) is 0. The van der Waals surface area contributed by atoms with Crippen LogP contribution in [-0.4, -0.2) is 11.5 Å². The van der Waals surface area contributed by atoms with Gasteiger partial charge in [-0.3, -0.25) is 4.79 Å². The van der Waals surface area contributed by atoms with Crippen LogP contribution in [0.4, 0.5) is 8.78 Å². The maximum Gasteiger partial charge on any atom is 0.145 e. The van der Waals surface area contributed by atoms with E-state index in [9.17, 15) is 13.6 Å². The Morgan fingerprint density at radius 1 is 1.44 bits per heavy atom. The number of rotatable bonds is 5. The van der Waals surface area contributed by atoms with Crippen LogP contribution in [0.3, 0.4) is 0 Å². The first kappa shape index (κ1) is 13.2.